The molecule has 0 radical (unpaired) electrons. The number of piperidine rings is 1. The van der Waals surface area contributed by atoms with Gasteiger partial charge in [0.2, 0.25) is 5.91 Å². The van der Waals surface area contributed by atoms with Crippen LogP contribution in [-0.2, 0) is 9.53 Å². The van der Waals surface area contributed by atoms with Crippen LogP contribution >= 0.6 is 0 Å². The van der Waals surface area contributed by atoms with E-state index in [1.165, 1.54) is 25.7 Å². The van der Waals surface area contributed by atoms with Crippen molar-refractivity contribution in [3.63, 3.8) is 0 Å². The highest BCUT2D eigenvalue weighted by atomic mass is 16.5. The van der Waals surface area contributed by atoms with E-state index in [0.717, 1.165) is 19.0 Å². The number of ether oxygens (including phenoxy) is 1. The lowest BCUT2D eigenvalue weighted by atomic mass is 9.92. The Labute approximate surface area is 92.8 Å². The quantitative estimate of drug-likeness (QED) is 0.699. The van der Waals surface area contributed by atoms with E-state index < -0.39 is 0 Å². The third kappa shape index (κ3) is 4.20. The molecule has 1 amide bonds. The highest BCUT2D eigenvalue weighted by Crippen LogP contribution is 2.21. The molecule has 0 aromatic heterocycles. The van der Waals surface area contributed by atoms with Gasteiger partial charge in [0.25, 0.3) is 0 Å². The van der Waals surface area contributed by atoms with Crippen LogP contribution < -0.4 is 0 Å². The smallest absolute Gasteiger partial charge is 0.224 e. The summed E-state index contributed by atoms with van der Waals surface area (Å²) in [5, 5.41) is 0. The second kappa shape index (κ2) is 6.83. The highest BCUT2D eigenvalue weighted by Gasteiger charge is 2.21. The number of hydrogen-bond acceptors (Lipinski definition) is 2. The van der Waals surface area contributed by atoms with Crippen molar-refractivity contribution in [3.05, 3.63) is 0 Å². The fourth-order valence-corrected chi connectivity index (χ4v) is 2.23. The van der Waals surface area contributed by atoms with Crippen LogP contribution in [0.25, 0.3) is 0 Å². The molecule has 1 fully saturated rings. The van der Waals surface area contributed by atoms with Gasteiger partial charge in [-0.3, -0.25) is 4.79 Å². The van der Waals surface area contributed by atoms with Crippen LogP contribution in [0.2, 0.25) is 0 Å². The van der Waals surface area contributed by atoms with Crippen LogP contribution in [0.15, 0.2) is 0 Å². The molecule has 0 bridgehead atoms. The average molecular weight is 213 g/mol. The molecule has 1 heterocycles. The van der Waals surface area contributed by atoms with E-state index in [-0.39, 0.29) is 5.91 Å². The van der Waals surface area contributed by atoms with Gasteiger partial charge in [-0.1, -0.05) is 19.8 Å². The Morgan fingerprint density at radius 3 is 2.60 bits per heavy atom. The normalized spacial score (nSPS) is 18.1. The first-order valence-electron chi connectivity index (χ1n) is 6.04. The van der Waals surface area contributed by atoms with Crippen molar-refractivity contribution < 1.29 is 9.53 Å². The first kappa shape index (κ1) is 12.5. The van der Waals surface area contributed by atoms with Crippen molar-refractivity contribution >= 4 is 5.91 Å². The van der Waals surface area contributed by atoms with Gasteiger partial charge in [-0.15, -0.1) is 0 Å². The molecule has 1 aliphatic rings. The summed E-state index contributed by atoms with van der Waals surface area (Å²) in [6.07, 6.45) is 5.50. The molecule has 1 aliphatic heterocycles. The summed E-state index contributed by atoms with van der Waals surface area (Å²) >= 11 is 0. The van der Waals surface area contributed by atoms with E-state index in [2.05, 4.69) is 6.92 Å². The Kier molecular flexibility index (Phi) is 5.69. The molecular weight excluding hydrogens is 190 g/mol. The lowest BCUT2D eigenvalue weighted by Crippen LogP contribution is -2.38. The molecule has 0 unspecified atom stereocenters. The third-order valence-corrected chi connectivity index (χ3v) is 3.18. The van der Waals surface area contributed by atoms with E-state index in [0.29, 0.717) is 13.0 Å². The molecule has 1 rings (SSSR count). The molecule has 0 aromatic carbocycles. The Bertz CT molecular complexity index is 186. The van der Waals surface area contributed by atoms with Gasteiger partial charge >= 0.3 is 0 Å². The zero-order chi connectivity index (χ0) is 11.1. The number of nitrogens with zero attached hydrogens (tertiary/aromatic N) is 1. The van der Waals surface area contributed by atoms with Gasteiger partial charge in [0, 0.05) is 20.2 Å². The van der Waals surface area contributed by atoms with Crippen molar-refractivity contribution in [2.24, 2.45) is 5.92 Å². The van der Waals surface area contributed by atoms with Gasteiger partial charge < -0.3 is 9.64 Å². The SMILES string of the molecule is CCCC1CCN(C(=O)CCOC)CC1. The number of hydrogen-bond donors (Lipinski definition) is 0. The van der Waals surface area contributed by atoms with Gasteiger partial charge in [0.05, 0.1) is 13.0 Å². The molecule has 0 N–H and O–H groups in total. The number of likely N-dealkylation sites (tertiary alicyclic amines) is 1. The summed E-state index contributed by atoms with van der Waals surface area (Å²) < 4.78 is 4.92. The molecule has 3 heteroatoms. The Morgan fingerprint density at radius 1 is 1.40 bits per heavy atom. The summed E-state index contributed by atoms with van der Waals surface area (Å²) in [6.45, 7) is 4.68. The Hall–Kier alpha value is -0.570. The molecule has 0 spiro atoms. The highest BCUT2D eigenvalue weighted by molar-refractivity contribution is 5.76. The zero-order valence-electron chi connectivity index (χ0n) is 10.00. The predicted molar refractivity (Wildman–Crippen MR) is 60.7 cm³/mol. The molecule has 3 nitrogen and oxygen atoms in total. The van der Waals surface area contributed by atoms with Crippen LogP contribution in [0.5, 0.6) is 0 Å². The number of amides is 1. The minimum atomic E-state index is 0.256. The molecule has 0 aromatic rings. The average Bonchev–Trinajstić information content (AvgIpc) is 2.27. The van der Waals surface area contributed by atoms with Crippen LogP contribution in [0, 0.1) is 5.92 Å². The monoisotopic (exact) mass is 213 g/mol. The fourth-order valence-electron chi connectivity index (χ4n) is 2.23. The molecule has 88 valence electrons. The number of carbonyl (C=O) groups excluding carboxylic acids is 1. The van der Waals surface area contributed by atoms with Crippen molar-refractivity contribution in [3.8, 4) is 0 Å². The molecule has 1 saturated heterocycles. The van der Waals surface area contributed by atoms with Crippen LogP contribution in [0.4, 0.5) is 0 Å². The lowest BCUT2D eigenvalue weighted by molar-refractivity contribution is -0.133. The van der Waals surface area contributed by atoms with Crippen LogP contribution in [0.1, 0.15) is 39.0 Å². The maximum atomic E-state index is 11.7. The summed E-state index contributed by atoms with van der Waals surface area (Å²) in [5.41, 5.74) is 0. The van der Waals surface area contributed by atoms with Crippen LogP contribution in [0.3, 0.4) is 0 Å². The predicted octanol–water partition coefficient (Wildman–Crippen LogP) is 2.06. The van der Waals surface area contributed by atoms with Gasteiger partial charge in [-0.05, 0) is 18.8 Å². The summed E-state index contributed by atoms with van der Waals surface area (Å²) in [4.78, 5) is 13.7. The fraction of sp³-hybridized carbons (Fsp3) is 0.917. The zero-order valence-corrected chi connectivity index (χ0v) is 10.00. The van der Waals surface area contributed by atoms with E-state index in [1.54, 1.807) is 7.11 Å². The molecule has 15 heavy (non-hydrogen) atoms. The Morgan fingerprint density at radius 2 is 2.07 bits per heavy atom. The summed E-state index contributed by atoms with van der Waals surface area (Å²) in [7, 11) is 1.64. The first-order chi connectivity index (χ1) is 7.27. The molecule has 0 aliphatic carbocycles. The van der Waals surface area contributed by atoms with Crippen molar-refractivity contribution in [2.75, 3.05) is 26.8 Å². The second-order valence-corrected chi connectivity index (χ2v) is 4.36. The van der Waals surface area contributed by atoms with Crippen LogP contribution in [-0.4, -0.2) is 37.6 Å². The lowest BCUT2D eigenvalue weighted by Gasteiger charge is -2.32. The maximum absolute atomic E-state index is 11.7. The number of methoxy groups -OCH3 is 1. The third-order valence-electron chi connectivity index (χ3n) is 3.18. The summed E-state index contributed by atoms with van der Waals surface area (Å²) in [6, 6.07) is 0. The van der Waals surface area contributed by atoms with E-state index in [4.69, 9.17) is 4.74 Å². The largest absolute Gasteiger partial charge is 0.384 e. The topological polar surface area (TPSA) is 29.5 Å². The van der Waals surface area contributed by atoms with Gasteiger partial charge in [-0.2, -0.15) is 0 Å². The maximum Gasteiger partial charge on any atom is 0.224 e. The molecule has 0 atom stereocenters. The summed E-state index contributed by atoms with van der Waals surface area (Å²) in [5.74, 6) is 1.10. The van der Waals surface area contributed by atoms with Gasteiger partial charge in [-0.25, -0.2) is 0 Å². The van der Waals surface area contributed by atoms with E-state index in [9.17, 15) is 4.79 Å². The van der Waals surface area contributed by atoms with Gasteiger partial charge in [0.1, 0.15) is 0 Å². The van der Waals surface area contributed by atoms with Crippen molar-refractivity contribution in [1.82, 2.24) is 4.90 Å². The van der Waals surface area contributed by atoms with E-state index >= 15 is 0 Å². The minimum absolute atomic E-state index is 0.256. The number of carbonyl (C=O) groups is 1. The molecular formula is C12H23NO2. The Balaban J connectivity index is 2.21. The van der Waals surface area contributed by atoms with E-state index in [1.807, 2.05) is 4.90 Å². The molecule has 0 saturated carbocycles. The number of rotatable bonds is 5. The van der Waals surface area contributed by atoms with Gasteiger partial charge in [0.15, 0.2) is 0 Å². The van der Waals surface area contributed by atoms with Crippen molar-refractivity contribution in [1.29, 1.82) is 0 Å². The second-order valence-electron chi connectivity index (χ2n) is 4.36. The van der Waals surface area contributed by atoms with Crippen molar-refractivity contribution in [2.45, 2.75) is 39.0 Å². The standard InChI is InChI=1S/C12H23NO2/c1-3-4-11-5-8-13(9-6-11)12(14)7-10-15-2/h11H,3-10H2,1-2H3. The first-order valence-corrected chi connectivity index (χ1v) is 6.04. The minimum Gasteiger partial charge on any atom is -0.384 e.